The molecule has 1 aromatic carbocycles. The van der Waals surface area contributed by atoms with E-state index < -0.39 is 5.97 Å². The summed E-state index contributed by atoms with van der Waals surface area (Å²) in [6, 6.07) is 3.07. The van der Waals surface area contributed by atoms with Crippen LogP contribution < -0.4 is 4.74 Å². The summed E-state index contributed by atoms with van der Waals surface area (Å²) in [5, 5.41) is 9.49. The predicted molar refractivity (Wildman–Crippen MR) is 49.7 cm³/mol. The van der Waals surface area contributed by atoms with Crippen molar-refractivity contribution >= 4 is 5.97 Å². The Morgan fingerprint density at radius 3 is 3.00 bits per heavy atom. The topological polar surface area (TPSA) is 65.0 Å². The van der Waals surface area contributed by atoms with Crippen molar-refractivity contribution in [3.8, 4) is 11.5 Å². The molecule has 5 heteroatoms. The van der Waals surface area contributed by atoms with Crippen molar-refractivity contribution in [3.63, 3.8) is 0 Å². The Labute approximate surface area is 86.2 Å². The Hall–Kier alpha value is -1.75. The van der Waals surface area contributed by atoms with E-state index in [1.807, 2.05) is 0 Å². The molecule has 1 heterocycles. The second kappa shape index (κ2) is 3.78. The third-order valence-electron chi connectivity index (χ3n) is 2.12. The van der Waals surface area contributed by atoms with E-state index in [9.17, 15) is 9.90 Å². The highest BCUT2D eigenvalue weighted by atomic mass is 16.7. The van der Waals surface area contributed by atoms with Crippen LogP contribution in [0, 0.1) is 0 Å². The van der Waals surface area contributed by atoms with Gasteiger partial charge in [0, 0.05) is 7.11 Å². The summed E-state index contributed by atoms with van der Waals surface area (Å²) in [6.07, 6.45) is 0. The Morgan fingerprint density at radius 1 is 1.47 bits per heavy atom. The maximum atomic E-state index is 11.5. The average Bonchev–Trinajstić information content (AvgIpc) is 2.23. The lowest BCUT2D eigenvalue weighted by Gasteiger charge is -2.19. The standard InChI is InChI=1S/C10H10O5/c1-13-4-6-2-3-7(11)9-8(6)10(12)15-5-14-9/h2-3,11H,4-5H2,1H3. The summed E-state index contributed by atoms with van der Waals surface area (Å²) < 4.78 is 14.7. The summed E-state index contributed by atoms with van der Waals surface area (Å²) in [7, 11) is 1.52. The van der Waals surface area contributed by atoms with Gasteiger partial charge < -0.3 is 19.3 Å². The van der Waals surface area contributed by atoms with Gasteiger partial charge in [0.1, 0.15) is 5.56 Å². The quantitative estimate of drug-likeness (QED) is 0.739. The van der Waals surface area contributed by atoms with E-state index in [0.717, 1.165) is 0 Å². The van der Waals surface area contributed by atoms with Crippen LogP contribution in [0.5, 0.6) is 11.5 Å². The van der Waals surface area contributed by atoms with Crippen LogP contribution in [0.4, 0.5) is 0 Å². The number of ether oxygens (including phenoxy) is 3. The average molecular weight is 210 g/mol. The van der Waals surface area contributed by atoms with Crippen LogP contribution in [0.3, 0.4) is 0 Å². The number of aromatic hydroxyl groups is 1. The summed E-state index contributed by atoms with van der Waals surface area (Å²) in [4.78, 5) is 11.5. The fraction of sp³-hybridized carbons (Fsp3) is 0.300. The van der Waals surface area contributed by atoms with E-state index in [1.54, 1.807) is 6.07 Å². The number of rotatable bonds is 2. The zero-order valence-electron chi connectivity index (χ0n) is 8.15. The molecule has 0 bridgehead atoms. The van der Waals surface area contributed by atoms with Crippen molar-refractivity contribution in [1.29, 1.82) is 0 Å². The van der Waals surface area contributed by atoms with Crippen molar-refractivity contribution < 1.29 is 24.1 Å². The molecular formula is C10H10O5. The van der Waals surface area contributed by atoms with Gasteiger partial charge in [0.15, 0.2) is 11.5 Å². The van der Waals surface area contributed by atoms with E-state index in [0.29, 0.717) is 5.56 Å². The van der Waals surface area contributed by atoms with E-state index in [2.05, 4.69) is 0 Å². The Morgan fingerprint density at radius 2 is 2.27 bits per heavy atom. The van der Waals surface area contributed by atoms with Gasteiger partial charge in [0.05, 0.1) is 6.61 Å². The van der Waals surface area contributed by atoms with Gasteiger partial charge in [-0.05, 0) is 11.6 Å². The van der Waals surface area contributed by atoms with Gasteiger partial charge in [-0.3, -0.25) is 0 Å². The van der Waals surface area contributed by atoms with Gasteiger partial charge in [-0.15, -0.1) is 0 Å². The number of hydrogen-bond donors (Lipinski definition) is 1. The molecule has 0 saturated carbocycles. The van der Waals surface area contributed by atoms with E-state index in [1.165, 1.54) is 13.2 Å². The van der Waals surface area contributed by atoms with Gasteiger partial charge in [0.2, 0.25) is 6.79 Å². The summed E-state index contributed by atoms with van der Waals surface area (Å²) in [5.41, 5.74) is 0.873. The number of esters is 1. The molecule has 80 valence electrons. The number of cyclic esters (lactones) is 1. The molecule has 1 aliphatic heterocycles. The van der Waals surface area contributed by atoms with Crippen LogP contribution in [0.15, 0.2) is 12.1 Å². The molecule has 0 aliphatic carbocycles. The molecule has 0 radical (unpaired) electrons. The van der Waals surface area contributed by atoms with Crippen molar-refractivity contribution in [2.24, 2.45) is 0 Å². The minimum atomic E-state index is -0.501. The number of fused-ring (bicyclic) bond motifs is 1. The zero-order chi connectivity index (χ0) is 10.8. The third-order valence-corrected chi connectivity index (χ3v) is 2.12. The molecule has 1 N–H and O–H groups in total. The number of phenols is 1. The molecule has 1 aromatic rings. The second-order valence-corrected chi connectivity index (χ2v) is 3.07. The monoisotopic (exact) mass is 210 g/mol. The largest absolute Gasteiger partial charge is 0.504 e. The van der Waals surface area contributed by atoms with Crippen molar-refractivity contribution in [2.75, 3.05) is 13.9 Å². The van der Waals surface area contributed by atoms with Gasteiger partial charge in [-0.1, -0.05) is 6.07 Å². The molecule has 2 rings (SSSR count). The molecule has 0 unspecified atom stereocenters. The smallest absolute Gasteiger partial charge is 0.345 e. The van der Waals surface area contributed by atoms with Crippen LogP contribution in [0.2, 0.25) is 0 Å². The molecule has 0 aromatic heterocycles. The van der Waals surface area contributed by atoms with Gasteiger partial charge in [0.25, 0.3) is 0 Å². The minimum absolute atomic E-state index is 0.0681. The second-order valence-electron chi connectivity index (χ2n) is 3.07. The maximum absolute atomic E-state index is 11.5. The highest BCUT2D eigenvalue weighted by Crippen LogP contribution is 2.35. The first-order chi connectivity index (χ1) is 7.24. The van der Waals surface area contributed by atoms with E-state index in [4.69, 9.17) is 14.2 Å². The lowest BCUT2D eigenvalue weighted by Crippen LogP contribution is -2.20. The fourth-order valence-electron chi connectivity index (χ4n) is 1.47. The van der Waals surface area contributed by atoms with Crippen molar-refractivity contribution in [2.45, 2.75) is 6.61 Å². The number of carbonyl (C=O) groups is 1. The summed E-state index contributed by atoms with van der Waals surface area (Å²) in [5.74, 6) is -0.401. The Bertz CT molecular complexity index is 399. The first-order valence-electron chi connectivity index (χ1n) is 4.37. The third kappa shape index (κ3) is 1.61. The molecule has 0 fully saturated rings. The highest BCUT2D eigenvalue weighted by molar-refractivity contribution is 5.95. The molecule has 5 nitrogen and oxygen atoms in total. The number of benzene rings is 1. The van der Waals surface area contributed by atoms with Crippen LogP contribution in [-0.4, -0.2) is 25.0 Å². The highest BCUT2D eigenvalue weighted by Gasteiger charge is 2.26. The minimum Gasteiger partial charge on any atom is -0.504 e. The lowest BCUT2D eigenvalue weighted by molar-refractivity contribution is 0.00320. The van der Waals surface area contributed by atoms with Gasteiger partial charge in [-0.2, -0.15) is 0 Å². The summed E-state index contributed by atoms with van der Waals surface area (Å²) >= 11 is 0. The Kier molecular flexibility index (Phi) is 2.47. The lowest BCUT2D eigenvalue weighted by atomic mass is 10.1. The predicted octanol–water partition coefficient (Wildman–Crippen LogP) is 1.05. The first kappa shape index (κ1) is 9.79. The van der Waals surface area contributed by atoms with Crippen LogP contribution in [0.25, 0.3) is 0 Å². The molecule has 15 heavy (non-hydrogen) atoms. The Balaban J connectivity index is 2.54. The van der Waals surface area contributed by atoms with Crippen LogP contribution in [0.1, 0.15) is 15.9 Å². The van der Waals surface area contributed by atoms with Crippen LogP contribution in [-0.2, 0) is 16.1 Å². The number of hydrogen-bond acceptors (Lipinski definition) is 5. The van der Waals surface area contributed by atoms with E-state index in [-0.39, 0.29) is 30.5 Å². The molecule has 0 atom stereocenters. The van der Waals surface area contributed by atoms with Gasteiger partial charge in [-0.25, -0.2) is 4.79 Å². The SMILES string of the molecule is COCc1ccc(O)c2c1C(=O)OCO2. The normalized spacial score (nSPS) is 14.1. The molecule has 0 saturated heterocycles. The molecule has 0 amide bonds. The fourth-order valence-corrected chi connectivity index (χ4v) is 1.47. The van der Waals surface area contributed by atoms with Crippen LogP contribution >= 0.6 is 0 Å². The number of methoxy groups -OCH3 is 1. The van der Waals surface area contributed by atoms with Gasteiger partial charge >= 0.3 is 5.97 Å². The molecule has 0 spiro atoms. The van der Waals surface area contributed by atoms with Crippen molar-refractivity contribution in [1.82, 2.24) is 0 Å². The number of carbonyl (C=O) groups excluding carboxylic acids is 1. The zero-order valence-corrected chi connectivity index (χ0v) is 8.15. The number of phenolic OH excluding ortho intramolecular Hbond substituents is 1. The van der Waals surface area contributed by atoms with Crippen molar-refractivity contribution in [3.05, 3.63) is 23.3 Å². The first-order valence-corrected chi connectivity index (χ1v) is 4.37. The van der Waals surface area contributed by atoms with E-state index >= 15 is 0 Å². The summed E-state index contributed by atoms with van der Waals surface area (Å²) in [6.45, 7) is 0.0941. The maximum Gasteiger partial charge on any atom is 0.345 e. The molecular weight excluding hydrogens is 200 g/mol. The molecule has 1 aliphatic rings.